The van der Waals surface area contributed by atoms with Crippen molar-refractivity contribution in [3.8, 4) is 0 Å². The Kier molecular flexibility index (Phi) is 4.70. The van der Waals surface area contributed by atoms with Gasteiger partial charge in [-0.2, -0.15) is 5.10 Å². The molecule has 5 nitrogen and oxygen atoms in total. The number of halogens is 1. The van der Waals surface area contributed by atoms with Crippen molar-refractivity contribution < 1.29 is 4.74 Å². The molecule has 1 aromatic carbocycles. The zero-order valence-electron chi connectivity index (χ0n) is 12.2. The third kappa shape index (κ3) is 3.45. The van der Waals surface area contributed by atoms with Gasteiger partial charge in [-0.1, -0.05) is 30.3 Å². The van der Waals surface area contributed by atoms with Crippen LogP contribution in [0.25, 0.3) is 5.65 Å². The molecule has 0 fully saturated rings. The van der Waals surface area contributed by atoms with Crippen LogP contribution in [0.4, 0.5) is 5.82 Å². The van der Waals surface area contributed by atoms with E-state index in [0.717, 1.165) is 22.4 Å². The highest BCUT2D eigenvalue weighted by Crippen LogP contribution is 2.17. The van der Waals surface area contributed by atoms with Crippen molar-refractivity contribution in [1.29, 1.82) is 0 Å². The molecular weight excluding hydrogens is 344 g/mol. The smallest absolute Gasteiger partial charge is 0.171 e. The molecule has 1 N–H and O–H groups in total. The second kappa shape index (κ2) is 6.89. The maximum atomic E-state index is 5.56. The van der Waals surface area contributed by atoms with Gasteiger partial charge in [0.25, 0.3) is 0 Å². The molecular formula is C16H17BrN4O. The molecule has 1 unspecified atom stereocenters. The number of hydrogen-bond acceptors (Lipinski definition) is 4. The van der Waals surface area contributed by atoms with Crippen LogP contribution in [0, 0.1) is 0 Å². The van der Waals surface area contributed by atoms with E-state index in [1.54, 1.807) is 17.8 Å². The Morgan fingerprint density at radius 1 is 1.27 bits per heavy atom. The van der Waals surface area contributed by atoms with Gasteiger partial charge in [-0.05, 0) is 27.6 Å². The molecule has 0 saturated heterocycles. The average Bonchev–Trinajstić information content (AvgIpc) is 2.93. The normalized spacial score (nSPS) is 12.5. The second-order valence-corrected chi connectivity index (χ2v) is 5.86. The highest BCUT2D eigenvalue weighted by molar-refractivity contribution is 9.10. The minimum absolute atomic E-state index is 0.0915. The number of ether oxygens (including phenoxy) is 1. The Hall–Kier alpha value is -1.92. The van der Waals surface area contributed by atoms with E-state index in [9.17, 15) is 0 Å². The van der Waals surface area contributed by atoms with Crippen molar-refractivity contribution in [1.82, 2.24) is 14.6 Å². The number of aromatic nitrogens is 3. The van der Waals surface area contributed by atoms with Gasteiger partial charge in [0.2, 0.25) is 0 Å². The number of nitrogens with zero attached hydrogens (tertiary/aromatic N) is 3. The van der Waals surface area contributed by atoms with Gasteiger partial charge in [-0.3, -0.25) is 0 Å². The summed E-state index contributed by atoms with van der Waals surface area (Å²) < 4.78 is 8.16. The standard InChI is InChI=1S/C16H17BrN4O/c1-22-13(9-12-5-3-2-4-6-12)10-18-15-7-8-21-16(20-15)14(17)11-19-21/h2-8,11,13H,9-10H2,1H3,(H,18,20). The molecule has 3 aromatic rings. The number of rotatable bonds is 6. The minimum Gasteiger partial charge on any atom is -0.379 e. The van der Waals surface area contributed by atoms with E-state index >= 15 is 0 Å². The first-order valence-corrected chi connectivity index (χ1v) is 7.86. The minimum atomic E-state index is 0.0915. The fourth-order valence-corrected chi connectivity index (χ4v) is 2.64. The van der Waals surface area contributed by atoms with Crippen LogP contribution >= 0.6 is 15.9 Å². The third-order valence-electron chi connectivity index (χ3n) is 3.48. The van der Waals surface area contributed by atoms with Crippen molar-refractivity contribution >= 4 is 27.4 Å². The first-order chi connectivity index (χ1) is 10.8. The number of fused-ring (bicyclic) bond motifs is 1. The molecule has 0 aliphatic heterocycles. The summed E-state index contributed by atoms with van der Waals surface area (Å²) in [7, 11) is 1.74. The average molecular weight is 361 g/mol. The highest BCUT2D eigenvalue weighted by atomic mass is 79.9. The first-order valence-electron chi connectivity index (χ1n) is 7.07. The molecule has 0 aliphatic rings. The predicted molar refractivity (Wildman–Crippen MR) is 90.1 cm³/mol. The summed E-state index contributed by atoms with van der Waals surface area (Å²) in [6.07, 6.45) is 4.57. The summed E-state index contributed by atoms with van der Waals surface area (Å²) in [4.78, 5) is 4.53. The van der Waals surface area contributed by atoms with Gasteiger partial charge in [-0.15, -0.1) is 0 Å². The molecule has 2 heterocycles. The van der Waals surface area contributed by atoms with E-state index in [0.29, 0.717) is 6.54 Å². The molecule has 0 aliphatic carbocycles. The van der Waals surface area contributed by atoms with Gasteiger partial charge in [-0.25, -0.2) is 9.50 Å². The predicted octanol–water partition coefficient (Wildman–Crippen LogP) is 3.16. The Morgan fingerprint density at radius 2 is 2.09 bits per heavy atom. The molecule has 22 heavy (non-hydrogen) atoms. The first kappa shape index (κ1) is 15.0. The zero-order chi connectivity index (χ0) is 15.4. The lowest BCUT2D eigenvalue weighted by Gasteiger charge is -2.16. The molecule has 3 rings (SSSR count). The van der Waals surface area contributed by atoms with Gasteiger partial charge in [0.1, 0.15) is 5.82 Å². The van der Waals surface area contributed by atoms with Crippen molar-refractivity contribution in [3.05, 3.63) is 58.8 Å². The molecule has 0 spiro atoms. The van der Waals surface area contributed by atoms with Crippen molar-refractivity contribution in [2.75, 3.05) is 19.0 Å². The van der Waals surface area contributed by atoms with Crippen LogP contribution in [0.1, 0.15) is 5.56 Å². The monoisotopic (exact) mass is 360 g/mol. The Balaban J connectivity index is 1.65. The van der Waals surface area contributed by atoms with Crippen LogP contribution in [-0.2, 0) is 11.2 Å². The SMILES string of the molecule is COC(CNc1ccn2ncc(Br)c2n1)Cc1ccccc1. The van der Waals surface area contributed by atoms with E-state index in [1.807, 2.05) is 30.5 Å². The number of nitrogens with one attached hydrogen (secondary N) is 1. The van der Waals surface area contributed by atoms with Crippen LogP contribution < -0.4 is 5.32 Å². The summed E-state index contributed by atoms with van der Waals surface area (Å²) in [5.41, 5.74) is 2.06. The van der Waals surface area contributed by atoms with E-state index in [-0.39, 0.29) is 6.10 Å². The maximum absolute atomic E-state index is 5.56. The Labute approximate surface area is 137 Å². The summed E-state index contributed by atoms with van der Waals surface area (Å²) in [6, 6.07) is 12.2. The van der Waals surface area contributed by atoms with E-state index in [4.69, 9.17) is 4.74 Å². The molecule has 0 saturated carbocycles. The fourth-order valence-electron chi connectivity index (χ4n) is 2.27. The van der Waals surface area contributed by atoms with Crippen molar-refractivity contribution in [2.45, 2.75) is 12.5 Å². The highest BCUT2D eigenvalue weighted by Gasteiger charge is 2.09. The summed E-state index contributed by atoms with van der Waals surface area (Å²) in [5.74, 6) is 0.809. The van der Waals surface area contributed by atoms with Gasteiger partial charge >= 0.3 is 0 Å². The van der Waals surface area contributed by atoms with Crippen LogP contribution in [0.15, 0.2) is 53.3 Å². The molecule has 1 atom stereocenters. The van der Waals surface area contributed by atoms with Crippen LogP contribution in [0.2, 0.25) is 0 Å². The molecule has 2 aromatic heterocycles. The number of benzene rings is 1. The lowest BCUT2D eigenvalue weighted by molar-refractivity contribution is 0.113. The van der Waals surface area contributed by atoms with Gasteiger partial charge in [0, 0.05) is 26.3 Å². The second-order valence-electron chi connectivity index (χ2n) is 5.00. The maximum Gasteiger partial charge on any atom is 0.171 e. The fraction of sp³-hybridized carbons (Fsp3) is 0.250. The van der Waals surface area contributed by atoms with E-state index < -0.39 is 0 Å². The summed E-state index contributed by atoms with van der Waals surface area (Å²) in [6.45, 7) is 0.695. The number of methoxy groups -OCH3 is 1. The molecule has 6 heteroatoms. The van der Waals surface area contributed by atoms with Gasteiger partial charge in [0.05, 0.1) is 16.8 Å². The van der Waals surface area contributed by atoms with Crippen molar-refractivity contribution in [2.24, 2.45) is 0 Å². The lowest BCUT2D eigenvalue weighted by Crippen LogP contribution is -2.24. The topological polar surface area (TPSA) is 51.5 Å². The summed E-state index contributed by atoms with van der Waals surface area (Å²) in [5, 5.41) is 7.51. The van der Waals surface area contributed by atoms with Gasteiger partial charge < -0.3 is 10.1 Å². The largest absolute Gasteiger partial charge is 0.379 e. The molecule has 0 radical (unpaired) electrons. The van der Waals surface area contributed by atoms with Crippen molar-refractivity contribution in [3.63, 3.8) is 0 Å². The number of anilines is 1. The summed E-state index contributed by atoms with van der Waals surface area (Å²) >= 11 is 3.44. The van der Waals surface area contributed by atoms with Crippen LogP contribution in [-0.4, -0.2) is 34.4 Å². The Morgan fingerprint density at radius 3 is 2.86 bits per heavy atom. The zero-order valence-corrected chi connectivity index (χ0v) is 13.8. The number of hydrogen-bond donors (Lipinski definition) is 1. The Bertz CT molecular complexity index is 744. The van der Waals surface area contributed by atoms with E-state index in [1.165, 1.54) is 5.56 Å². The van der Waals surface area contributed by atoms with Gasteiger partial charge in [0.15, 0.2) is 5.65 Å². The molecule has 114 valence electrons. The molecule has 0 bridgehead atoms. The van der Waals surface area contributed by atoms with E-state index in [2.05, 4.69) is 43.5 Å². The van der Waals surface area contributed by atoms with Crippen LogP contribution in [0.3, 0.4) is 0 Å². The van der Waals surface area contributed by atoms with Crippen LogP contribution in [0.5, 0.6) is 0 Å². The molecule has 0 amide bonds. The quantitative estimate of drug-likeness (QED) is 0.733. The lowest BCUT2D eigenvalue weighted by atomic mass is 10.1. The third-order valence-corrected chi connectivity index (χ3v) is 4.04.